The zero-order chi connectivity index (χ0) is 37.7. The first-order chi connectivity index (χ1) is 24.8. The van der Waals surface area contributed by atoms with Crippen molar-refractivity contribution in [3.05, 3.63) is 101 Å². The van der Waals surface area contributed by atoms with Crippen LogP contribution in [0.25, 0.3) is 0 Å². The largest absolute Gasteiger partial charge is 2.00 e. The van der Waals surface area contributed by atoms with Crippen LogP contribution in [-0.2, 0) is 36.3 Å². The second-order valence-corrected chi connectivity index (χ2v) is 14.5. The van der Waals surface area contributed by atoms with Gasteiger partial charge in [-0.05, 0) is 67.7 Å². The number of para-hydroxylation sites is 1. The molecule has 53 heavy (non-hydrogen) atoms. The molecule has 15 heteroatoms. The maximum Gasteiger partial charge on any atom is 2.00 e. The molecule has 0 aliphatic carbocycles. The van der Waals surface area contributed by atoms with Crippen molar-refractivity contribution in [3.63, 3.8) is 0 Å². The van der Waals surface area contributed by atoms with Crippen molar-refractivity contribution in [1.29, 1.82) is 0 Å². The molecule has 1 fully saturated rings. The van der Waals surface area contributed by atoms with Crippen LogP contribution in [0.2, 0.25) is 0 Å². The van der Waals surface area contributed by atoms with E-state index in [-0.39, 0.29) is 75.0 Å². The topological polar surface area (TPSA) is 181 Å². The van der Waals surface area contributed by atoms with E-state index in [9.17, 15) is 28.7 Å². The smallest absolute Gasteiger partial charge is 0.790 e. The number of phosphoric acid groups is 1. The summed E-state index contributed by atoms with van der Waals surface area (Å²) in [6, 6.07) is 21.9. The zero-order valence-corrected chi connectivity index (χ0v) is 33.9. The molecule has 0 unspecified atom stereocenters. The monoisotopic (exact) mass is 776 g/mol. The van der Waals surface area contributed by atoms with E-state index in [0.29, 0.717) is 31.7 Å². The molecule has 1 aliphatic rings. The molecule has 1 aliphatic heterocycles. The minimum absolute atomic E-state index is 0. The Bertz CT molecular complexity index is 1640. The van der Waals surface area contributed by atoms with E-state index in [4.69, 9.17) is 9.47 Å². The summed E-state index contributed by atoms with van der Waals surface area (Å²) in [4.78, 5) is 64.8. The average Bonchev–Trinajstić information content (AvgIpc) is 3.08. The van der Waals surface area contributed by atoms with E-state index in [1.165, 1.54) is 0 Å². The normalized spacial score (nSPS) is 15.4. The number of nitrogens with zero attached hydrogens (tertiary/aromatic N) is 1. The van der Waals surface area contributed by atoms with E-state index in [1.54, 1.807) is 4.90 Å². The van der Waals surface area contributed by atoms with Crippen LogP contribution in [0.1, 0.15) is 48.9 Å². The Morgan fingerprint density at radius 3 is 2.08 bits per heavy atom. The molecule has 4 atom stereocenters. The number of carbonyl (C=O) groups is 3. The van der Waals surface area contributed by atoms with Gasteiger partial charge in [0.15, 0.2) is 13.4 Å². The standard InChI is InChI=1S/C38H51N4O9P.Ca/c1-26(2)35(42-20-12-19-39-38(42)45)37(44)40-31(21-29-15-7-5-8-16-29)23-33(50-25-51-52(46,47)48)32(22-30-17-9-6-10-18-30)41-34(43)24-49-36-27(3)13-11-14-28(36)4;/h5-11,13-18,26,31-33,35H,12,19-25H2,1-4H3,(H,39,45)(H,40,44)(H,41,43)(H2,46,47,48);/q;+2/p-2/t31-,32-,33-,35-;/m0./s1. The van der Waals surface area contributed by atoms with E-state index in [1.807, 2.05) is 107 Å². The van der Waals surface area contributed by atoms with Gasteiger partial charge in [0.1, 0.15) is 11.8 Å². The van der Waals surface area contributed by atoms with Crippen LogP contribution in [0.3, 0.4) is 0 Å². The van der Waals surface area contributed by atoms with Crippen LogP contribution in [0, 0.1) is 19.8 Å². The van der Waals surface area contributed by atoms with E-state index in [2.05, 4.69) is 20.5 Å². The summed E-state index contributed by atoms with van der Waals surface area (Å²) in [5.41, 5.74) is 3.48. The number of ether oxygens (including phenoxy) is 2. The van der Waals surface area contributed by atoms with Crippen LogP contribution in [0.4, 0.5) is 4.79 Å². The fourth-order valence-corrected chi connectivity index (χ4v) is 6.65. The molecule has 0 aromatic heterocycles. The summed E-state index contributed by atoms with van der Waals surface area (Å²) in [6.45, 7) is 7.26. The molecular formula is C38H49CaN4O9P. The Morgan fingerprint density at radius 1 is 0.906 bits per heavy atom. The Labute approximate surface area is 341 Å². The molecule has 1 heterocycles. The number of rotatable bonds is 19. The number of urea groups is 1. The van der Waals surface area contributed by atoms with Gasteiger partial charge in [-0.25, -0.2) is 4.79 Å². The van der Waals surface area contributed by atoms with Crippen LogP contribution in [0.15, 0.2) is 78.9 Å². The van der Waals surface area contributed by atoms with Crippen LogP contribution < -0.4 is 30.5 Å². The number of nitrogens with one attached hydrogen (secondary N) is 3. The molecule has 0 radical (unpaired) electrons. The number of carbonyl (C=O) groups excluding carboxylic acids is 3. The summed E-state index contributed by atoms with van der Waals surface area (Å²) < 4.78 is 27.8. The summed E-state index contributed by atoms with van der Waals surface area (Å²) >= 11 is 0. The van der Waals surface area contributed by atoms with Gasteiger partial charge >= 0.3 is 43.8 Å². The Morgan fingerprint density at radius 2 is 1.51 bits per heavy atom. The first-order valence-electron chi connectivity index (χ1n) is 17.5. The first kappa shape index (κ1) is 44.4. The third-order valence-electron chi connectivity index (χ3n) is 8.88. The van der Waals surface area contributed by atoms with Gasteiger partial charge in [-0.2, -0.15) is 0 Å². The van der Waals surface area contributed by atoms with Gasteiger partial charge in [0.25, 0.3) is 5.91 Å². The van der Waals surface area contributed by atoms with E-state index in [0.717, 1.165) is 22.3 Å². The maximum atomic E-state index is 14.1. The minimum Gasteiger partial charge on any atom is -0.790 e. The van der Waals surface area contributed by atoms with Crippen molar-refractivity contribution < 1.29 is 42.7 Å². The van der Waals surface area contributed by atoms with Gasteiger partial charge in [-0.3, -0.25) is 9.59 Å². The first-order valence-corrected chi connectivity index (χ1v) is 19.0. The van der Waals surface area contributed by atoms with Crippen molar-refractivity contribution in [3.8, 4) is 5.75 Å². The van der Waals surface area contributed by atoms with Crippen molar-refractivity contribution >= 4 is 63.4 Å². The number of aryl methyl sites for hydroxylation is 2. The predicted molar refractivity (Wildman–Crippen MR) is 198 cm³/mol. The van der Waals surface area contributed by atoms with Gasteiger partial charge in [-0.15, -0.1) is 0 Å². The molecule has 4 amide bonds. The molecule has 282 valence electrons. The number of hydrogen-bond acceptors (Lipinski definition) is 9. The number of benzene rings is 3. The van der Waals surface area contributed by atoms with Crippen molar-refractivity contribution in [2.45, 2.75) is 77.6 Å². The Balaban J connectivity index is 0.00000756. The quantitative estimate of drug-likeness (QED) is 0.0938. The summed E-state index contributed by atoms with van der Waals surface area (Å²) in [7, 11) is -5.40. The van der Waals surface area contributed by atoms with E-state index >= 15 is 0 Å². The zero-order valence-electron chi connectivity index (χ0n) is 30.8. The molecule has 0 bridgehead atoms. The molecule has 4 rings (SSSR count). The number of amides is 4. The maximum absolute atomic E-state index is 14.1. The van der Waals surface area contributed by atoms with Crippen molar-refractivity contribution in [2.24, 2.45) is 5.92 Å². The van der Waals surface area contributed by atoms with Gasteiger partial charge in [0.2, 0.25) is 5.91 Å². The predicted octanol–water partition coefficient (Wildman–Crippen LogP) is 2.77. The molecule has 13 nitrogen and oxygen atoms in total. The molecule has 3 N–H and O–H groups in total. The van der Waals surface area contributed by atoms with Crippen LogP contribution >= 0.6 is 7.82 Å². The van der Waals surface area contributed by atoms with Crippen molar-refractivity contribution in [2.75, 3.05) is 26.5 Å². The summed E-state index contributed by atoms with van der Waals surface area (Å²) in [6.07, 6.45) is 0.386. The molecule has 1 saturated heterocycles. The molecule has 3 aromatic carbocycles. The average molecular weight is 777 g/mol. The summed E-state index contributed by atoms with van der Waals surface area (Å²) in [5.74, 6) is -0.451. The fourth-order valence-electron chi connectivity index (χ4n) is 6.46. The third-order valence-corrected chi connectivity index (χ3v) is 9.30. The Kier molecular flexibility index (Phi) is 18.2. The summed E-state index contributed by atoms with van der Waals surface area (Å²) in [5, 5.41) is 8.95. The van der Waals surface area contributed by atoms with Gasteiger partial charge in [-0.1, -0.05) is 92.7 Å². The van der Waals surface area contributed by atoms with Crippen LogP contribution in [-0.4, -0.2) is 111 Å². The van der Waals surface area contributed by atoms with Crippen molar-refractivity contribution in [1.82, 2.24) is 20.9 Å². The molecular weight excluding hydrogens is 727 g/mol. The number of phosphoric ester groups is 1. The number of hydrogen-bond donors (Lipinski definition) is 3. The molecule has 3 aromatic rings. The SMILES string of the molecule is Cc1cccc(C)c1OCC(=O)N[C@@H](Cc1ccccc1)[C@H](C[C@H](Cc1ccccc1)NC(=O)[C@H](C(C)C)N1CCCNC1=O)OCOP(=O)([O-])[O-].[Ca+2]. The second kappa shape index (κ2) is 21.8. The van der Waals surface area contributed by atoms with Gasteiger partial charge in [0, 0.05) is 19.1 Å². The van der Waals surface area contributed by atoms with Crippen LogP contribution in [0.5, 0.6) is 5.75 Å². The van der Waals surface area contributed by atoms with Gasteiger partial charge in [0.05, 0.1) is 20.0 Å². The van der Waals surface area contributed by atoms with Gasteiger partial charge < -0.3 is 49.2 Å². The molecule has 0 saturated carbocycles. The fraction of sp³-hybridized carbons (Fsp3) is 0.447. The second-order valence-electron chi connectivity index (χ2n) is 13.4. The van der Waals surface area contributed by atoms with E-state index < -0.39 is 44.8 Å². The Hall–Kier alpha value is -3.00. The minimum atomic E-state index is -5.40. The third kappa shape index (κ3) is 14.6. The molecule has 0 spiro atoms.